The number of morpholine rings is 1. The van der Waals surface area contributed by atoms with Crippen LogP contribution in [0.3, 0.4) is 0 Å². The van der Waals surface area contributed by atoms with E-state index < -0.39 is 0 Å². The minimum absolute atomic E-state index is 0.0523. The van der Waals surface area contributed by atoms with E-state index in [0.717, 1.165) is 24.2 Å². The smallest absolute Gasteiger partial charge is 0.262 e. The maximum absolute atomic E-state index is 14.7. The van der Waals surface area contributed by atoms with E-state index in [9.17, 15) is 14.0 Å². The highest BCUT2D eigenvalue weighted by atomic mass is 19.1. The van der Waals surface area contributed by atoms with Gasteiger partial charge in [-0.1, -0.05) is 68.8 Å². The lowest BCUT2D eigenvalue weighted by Gasteiger charge is -2.32. The molecule has 2 aromatic carbocycles. The van der Waals surface area contributed by atoms with Crippen LogP contribution in [0.15, 0.2) is 53.6 Å². The van der Waals surface area contributed by atoms with Gasteiger partial charge in [0.15, 0.2) is 0 Å². The monoisotopic (exact) mass is 522 g/mol. The van der Waals surface area contributed by atoms with Crippen LogP contribution in [-0.2, 0) is 14.3 Å². The average molecular weight is 523 g/mol. The van der Waals surface area contributed by atoms with Crippen LogP contribution < -0.4 is 0 Å². The third-order valence-corrected chi connectivity index (χ3v) is 6.96. The Kier molecular flexibility index (Phi) is 8.95. The van der Waals surface area contributed by atoms with Gasteiger partial charge in [-0.15, -0.1) is 0 Å². The quantitative estimate of drug-likeness (QED) is 0.515. The Morgan fingerprint density at radius 3 is 2.42 bits per heavy atom. The van der Waals surface area contributed by atoms with Crippen molar-refractivity contribution in [2.24, 2.45) is 10.5 Å². The Hall–Kier alpha value is -3.10. The lowest BCUT2D eigenvalue weighted by molar-refractivity contribution is -0.142. The number of hydrazone groups is 1. The number of rotatable bonds is 8. The predicted octanol–water partition coefficient (Wildman–Crippen LogP) is 4.41. The minimum atomic E-state index is -0.365. The van der Waals surface area contributed by atoms with Crippen LogP contribution >= 0.6 is 0 Å². The summed E-state index contributed by atoms with van der Waals surface area (Å²) in [5, 5.41) is 6.09. The van der Waals surface area contributed by atoms with E-state index >= 15 is 0 Å². The van der Waals surface area contributed by atoms with Gasteiger partial charge in [0.2, 0.25) is 5.91 Å². The van der Waals surface area contributed by atoms with Gasteiger partial charge in [0, 0.05) is 44.6 Å². The highest BCUT2D eigenvalue weighted by Crippen LogP contribution is 2.34. The Morgan fingerprint density at radius 1 is 1.08 bits per heavy atom. The molecule has 0 saturated carbocycles. The van der Waals surface area contributed by atoms with Crippen LogP contribution in [0.1, 0.15) is 56.3 Å². The van der Waals surface area contributed by atoms with Crippen LogP contribution in [0, 0.1) is 18.2 Å². The number of carbonyl (C=O) groups excluding carboxylic acids is 2. The summed E-state index contributed by atoms with van der Waals surface area (Å²) < 4.78 is 20.1. The summed E-state index contributed by atoms with van der Waals surface area (Å²) in [6.45, 7) is 12.1. The third kappa shape index (κ3) is 7.26. The van der Waals surface area contributed by atoms with Gasteiger partial charge in [-0.2, -0.15) is 5.10 Å². The first kappa shape index (κ1) is 27.9. The molecule has 0 N–H and O–H groups in total. The summed E-state index contributed by atoms with van der Waals surface area (Å²) >= 11 is 0. The van der Waals surface area contributed by atoms with Gasteiger partial charge < -0.3 is 9.64 Å². The Balaban J connectivity index is 1.58. The molecule has 1 atom stereocenters. The van der Waals surface area contributed by atoms with Gasteiger partial charge in [0.1, 0.15) is 12.4 Å². The maximum Gasteiger partial charge on any atom is 0.262 e. The van der Waals surface area contributed by atoms with Crippen molar-refractivity contribution in [2.45, 2.75) is 46.6 Å². The van der Waals surface area contributed by atoms with Crippen LogP contribution in [0.5, 0.6) is 0 Å². The summed E-state index contributed by atoms with van der Waals surface area (Å²) in [6, 6.07) is 14.1. The van der Waals surface area contributed by atoms with Crippen LogP contribution in [-0.4, -0.2) is 78.3 Å². The lowest BCUT2D eigenvalue weighted by Crippen LogP contribution is -2.47. The maximum atomic E-state index is 14.7. The minimum Gasteiger partial charge on any atom is -0.379 e. The molecule has 0 radical (unpaired) electrons. The van der Waals surface area contributed by atoms with Crippen molar-refractivity contribution in [1.29, 1.82) is 0 Å². The number of carbonyl (C=O) groups is 2. The number of hydrogen-bond acceptors (Lipinski definition) is 5. The van der Waals surface area contributed by atoms with Crippen molar-refractivity contribution < 1.29 is 18.7 Å². The van der Waals surface area contributed by atoms with E-state index in [1.165, 1.54) is 11.1 Å². The molecule has 2 heterocycles. The molecule has 0 aromatic heterocycles. The molecule has 0 bridgehead atoms. The number of aryl methyl sites for hydroxylation is 1. The second-order valence-electron chi connectivity index (χ2n) is 11.4. The standard InChI is InChI=1S/C30H39FN4O3/c1-22-9-11-23(12-10-22)27-19-26(24-7-5-6-8-25(24)31)32-35(27)29(37)21-34(28(36)20-30(2,3)4)14-13-33-15-17-38-18-16-33/h5-12,27H,13-21H2,1-4H3/t27-/m1/s1. The molecule has 1 fully saturated rings. The number of amides is 2. The van der Waals surface area contributed by atoms with E-state index in [2.05, 4.69) is 10.0 Å². The van der Waals surface area contributed by atoms with Gasteiger partial charge in [-0.05, 0) is 24.0 Å². The Bertz CT molecular complexity index is 1150. The number of nitrogens with zero attached hydrogens (tertiary/aromatic N) is 4. The first-order valence-corrected chi connectivity index (χ1v) is 13.4. The fourth-order valence-electron chi connectivity index (χ4n) is 4.83. The summed E-state index contributed by atoms with van der Waals surface area (Å²) in [7, 11) is 0. The molecule has 2 amide bonds. The van der Waals surface area contributed by atoms with Gasteiger partial charge in [0.05, 0.1) is 25.0 Å². The molecular weight excluding hydrogens is 483 g/mol. The van der Waals surface area contributed by atoms with Gasteiger partial charge >= 0.3 is 0 Å². The van der Waals surface area contributed by atoms with E-state index in [4.69, 9.17) is 4.74 Å². The second-order valence-corrected chi connectivity index (χ2v) is 11.4. The first-order chi connectivity index (χ1) is 18.1. The Morgan fingerprint density at radius 2 is 1.76 bits per heavy atom. The SMILES string of the molecule is Cc1ccc([C@H]2CC(c3ccccc3F)=NN2C(=O)CN(CCN2CCOCC2)C(=O)CC(C)(C)C)cc1. The summed E-state index contributed by atoms with van der Waals surface area (Å²) in [5.41, 5.74) is 2.77. The van der Waals surface area contributed by atoms with Crippen LogP contribution in [0.2, 0.25) is 0 Å². The van der Waals surface area contributed by atoms with Crippen LogP contribution in [0.4, 0.5) is 4.39 Å². The van der Waals surface area contributed by atoms with E-state index in [0.29, 0.717) is 50.4 Å². The molecule has 0 spiro atoms. The summed E-state index contributed by atoms with van der Waals surface area (Å²) in [5.74, 6) is -0.689. The van der Waals surface area contributed by atoms with Crippen molar-refractivity contribution in [1.82, 2.24) is 14.8 Å². The summed E-state index contributed by atoms with van der Waals surface area (Å²) in [4.78, 5) is 31.0. The number of ether oxygens (including phenoxy) is 1. The van der Waals surface area contributed by atoms with E-state index in [1.807, 2.05) is 52.0 Å². The first-order valence-electron chi connectivity index (χ1n) is 13.4. The number of halogens is 1. The zero-order valence-corrected chi connectivity index (χ0v) is 23.0. The molecule has 1 saturated heterocycles. The molecule has 7 nitrogen and oxygen atoms in total. The van der Waals surface area contributed by atoms with Gasteiger partial charge in [0.25, 0.3) is 5.91 Å². The molecule has 0 aliphatic carbocycles. The second kappa shape index (κ2) is 12.2. The zero-order valence-electron chi connectivity index (χ0n) is 23.0. The molecule has 2 aliphatic rings. The van der Waals surface area contributed by atoms with Crippen molar-refractivity contribution >= 4 is 17.5 Å². The molecular formula is C30H39FN4O3. The average Bonchev–Trinajstić information content (AvgIpc) is 3.32. The fourth-order valence-corrected chi connectivity index (χ4v) is 4.83. The topological polar surface area (TPSA) is 65.5 Å². The molecule has 204 valence electrons. The predicted molar refractivity (Wildman–Crippen MR) is 146 cm³/mol. The van der Waals surface area contributed by atoms with Gasteiger partial charge in [-0.3, -0.25) is 14.5 Å². The van der Waals surface area contributed by atoms with Crippen molar-refractivity contribution in [3.05, 3.63) is 71.0 Å². The highest BCUT2D eigenvalue weighted by molar-refractivity contribution is 6.03. The molecule has 8 heteroatoms. The van der Waals surface area contributed by atoms with Gasteiger partial charge in [-0.25, -0.2) is 9.40 Å². The van der Waals surface area contributed by atoms with E-state index in [1.54, 1.807) is 23.1 Å². The van der Waals surface area contributed by atoms with Crippen molar-refractivity contribution in [3.63, 3.8) is 0 Å². The largest absolute Gasteiger partial charge is 0.379 e. The lowest BCUT2D eigenvalue weighted by atomic mass is 9.91. The molecule has 2 aromatic rings. The molecule has 0 unspecified atom stereocenters. The van der Waals surface area contributed by atoms with Crippen LogP contribution in [0.25, 0.3) is 0 Å². The number of hydrogen-bond donors (Lipinski definition) is 0. The molecule has 38 heavy (non-hydrogen) atoms. The van der Waals surface area contributed by atoms with Crippen molar-refractivity contribution in [2.75, 3.05) is 45.9 Å². The summed E-state index contributed by atoms with van der Waals surface area (Å²) in [6.07, 6.45) is 0.744. The molecule has 2 aliphatic heterocycles. The van der Waals surface area contributed by atoms with Crippen molar-refractivity contribution in [3.8, 4) is 0 Å². The fraction of sp³-hybridized carbons (Fsp3) is 0.500. The van der Waals surface area contributed by atoms with E-state index in [-0.39, 0.29) is 35.6 Å². The third-order valence-electron chi connectivity index (χ3n) is 6.96. The number of benzene rings is 2. The highest BCUT2D eigenvalue weighted by Gasteiger charge is 2.35. The Labute approximate surface area is 225 Å². The normalized spacial score (nSPS) is 18.4. The molecule has 4 rings (SSSR count). The zero-order chi connectivity index (χ0) is 27.3.